The lowest BCUT2D eigenvalue weighted by atomic mass is 9.90. The van der Waals surface area contributed by atoms with Gasteiger partial charge in [-0.05, 0) is 25.1 Å². The first kappa shape index (κ1) is 16.6. The zero-order valence-electron chi connectivity index (χ0n) is 12.2. The molecular formula is C14H15F3O5. The first-order valence-corrected chi connectivity index (χ1v) is 6.36. The predicted octanol–water partition coefficient (Wildman–Crippen LogP) is 2.93. The molecule has 0 saturated heterocycles. The standard InChI is InChI=1S/C14H15F3O5/c1-13(12(19-2)20-3)7-10(18)9-6-8(21-14(15,16)17)4-5-11(9)22-13/h4-6,12H,7H2,1-3H3. The number of ketones is 1. The Labute approximate surface area is 124 Å². The summed E-state index contributed by atoms with van der Waals surface area (Å²) in [5.74, 6) is -0.690. The third-order valence-corrected chi connectivity index (χ3v) is 3.27. The van der Waals surface area contributed by atoms with Gasteiger partial charge in [0.2, 0.25) is 0 Å². The number of ether oxygens (including phenoxy) is 4. The van der Waals surface area contributed by atoms with Gasteiger partial charge in [-0.25, -0.2) is 0 Å². The highest BCUT2D eigenvalue weighted by Crippen LogP contribution is 2.38. The molecule has 1 aliphatic rings. The van der Waals surface area contributed by atoms with Crippen LogP contribution in [-0.2, 0) is 9.47 Å². The van der Waals surface area contributed by atoms with E-state index in [1.807, 2.05) is 0 Å². The molecule has 1 atom stereocenters. The maximum atomic E-state index is 12.2. The van der Waals surface area contributed by atoms with Gasteiger partial charge in [0.05, 0.1) is 12.0 Å². The van der Waals surface area contributed by atoms with Crippen LogP contribution in [0.5, 0.6) is 11.5 Å². The number of hydrogen-bond acceptors (Lipinski definition) is 5. The van der Waals surface area contributed by atoms with E-state index in [1.165, 1.54) is 20.3 Å². The Balaban J connectivity index is 2.31. The summed E-state index contributed by atoms with van der Waals surface area (Å²) < 4.78 is 56.4. The van der Waals surface area contributed by atoms with Gasteiger partial charge in [-0.2, -0.15) is 0 Å². The first-order chi connectivity index (χ1) is 10.2. The smallest absolute Gasteiger partial charge is 0.481 e. The van der Waals surface area contributed by atoms with Crippen LogP contribution in [0.4, 0.5) is 13.2 Å². The molecule has 0 spiro atoms. The van der Waals surface area contributed by atoms with Crippen LogP contribution in [-0.4, -0.2) is 38.3 Å². The highest BCUT2D eigenvalue weighted by Gasteiger charge is 2.44. The van der Waals surface area contributed by atoms with Crippen molar-refractivity contribution in [1.82, 2.24) is 0 Å². The molecule has 8 heteroatoms. The second kappa shape index (κ2) is 5.77. The Morgan fingerprint density at radius 1 is 1.27 bits per heavy atom. The molecule has 1 aliphatic heterocycles. The molecule has 0 radical (unpaired) electrons. The van der Waals surface area contributed by atoms with Crippen molar-refractivity contribution in [3.63, 3.8) is 0 Å². The number of methoxy groups -OCH3 is 2. The minimum atomic E-state index is -4.82. The van der Waals surface area contributed by atoms with E-state index in [4.69, 9.17) is 14.2 Å². The summed E-state index contributed by atoms with van der Waals surface area (Å²) in [6, 6.07) is 3.35. The van der Waals surface area contributed by atoms with E-state index in [2.05, 4.69) is 4.74 Å². The molecule has 1 aromatic carbocycles. The number of carbonyl (C=O) groups excluding carboxylic acids is 1. The average Bonchev–Trinajstić information content (AvgIpc) is 2.39. The number of halogens is 3. The fourth-order valence-electron chi connectivity index (χ4n) is 2.44. The highest BCUT2D eigenvalue weighted by molar-refractivity contribution is 6.00. The number of rotatable bonds is 4. The van der Waals surface area contributed by atoms with Crippen molar-refractivity contribution in [2.75, 3.05) is 14.2 Å². The van der Waals surface area contributed by atoms with Crippen molar-refractivity contribution < 1.29 is 36.9 Å². The SMILES string of the molecule is COC(OC)C1(C)CC(=O)c2cc(OC(F)(F)F)ccc2O1. The lowest BCUT2D eigenvalue weighted by Crippen LogP contribution is -2.50. The summed E-state index contributed by atoms with van der Waals surface area (Å²) in [5, 5.41) is 0. The lowest BCUT2D eigenvalue weighted by molar-refractivity contribution is -0.274. The summed E-state index contributed by atoms with van der Waals surface area (Å²) in [4.78, 5) is 12.2. The molecule has 1 aromatic rings. The van der Waals surface area contributed by atoms with Crippen LogP contribution in [0, 0.1) is 0 Å². The second-order valence-corrected chi connectivity index (χ2v) is 5.02. The maximum absolute atomic E-state index is 12.2. The van der Waals surface area contributed by atoms with Crippen molar-refractivity contribution >= 4 is 5.78 Å². The zero-order valence-corrected chi connectivity index (χ0v) is 12.2. The minimum Gasteiger partial charge on any atom is -0.481 e. The molecule has 0 bridgehead atoms. The fraction of sp³-hybridized carbons (Fsp3) is 0.500. The number of alkyl halides is 3. The molecule has 0 aliphatic carbocycles. The molecule has 22 heavy (non-hydrogen) atoms. The van der Waals surface area contributed by atoms with Gasteiger partial charge in [-0.1, -0.05) is 0 Å². The number of carbonyl (C=O) groups is 1. The number of fused-ring (bicyclic) bond motifs is 1. The Morgan fingerprint density at radius 2 is 1.91 bits per heavy atom. The van der Waals surface area contributed by atoms with Crippen molar-refractivity contribution in [1.29, 1.82) is 0 Å². The van der Waals surface area contributed by atoms with Crippen LogP contribution in [0.1, 0.15) is 23.7 Å². The van der Waals surface area contributed by atoms with E-state index < -0.39 is 24.0 Å². The average molecular weight is 320 g/mol. The van der Waals surface area contributed by atoms with Crippen LogP contribution in [0.25, 0.3) is 0 Å². The fourth-order valence-corrected chi connectivity index (χ4v) is 2.44. The Bertz CT molecular complexity index is 568. The zero-order chi connectivity index (χ0) is 16.5. The molecule has 1 unspecified atom stereocenters. The number of hydrogen-bond donors (Lipinski definition) is 0. The molecule has 0 fully saturated rings. The molecule has 0 aromatic heterocycles. The van der Waals surface area contributed by atoms with E-state index >= 15 is 0 Å². The Kier molecular flexibility index (Phi) is 4.35. The van der Waals surface area contributed by atoms with Gasteiger partial charge in [-0.15, -0.1) is 13.2 Å². The quantitative estimate of drug-likeness (QED) is 0.799. The number of benzene rings is 1. The monoisotopic (exact) mass is 320 g/mol. The van der Waals surface area contributed by atoms with Gasteiger partial charge in [0.15, 0.2) is 17.7 Å². The van der Waals surface area contributed by atoms with Crippen LogP contribution >= 0.6 is 0 Å². The van der Waals surface area contributed by atoms with E-state index in [0.717, 1.165) is 12.1 Å². The van der Waals surface area contributed by atoms with Gasteiger partial charge in [-0.3, -0.25) is 4.79 Å². The maximum Gasteiger partial charge on any atom is 0.573 e. The van der Waals surface area contributed by atoms with Crippen molar-refractivity contribution in [2.24, 2.45) is 0 Å². The third kappa shape index (κ3) is 3.33. The molecular weight excluding hydrogens is 305 g/mol. The Hall–Kier alpha value is -1.80. The van der Waals surface area contributed by atoms with Crippen LogP contribution in [0.2, 0.25) is 0 Å². The van der Waals surface area contributed by atoms with Gasteiger partial charge in [0, 0.05) is 14.2 Å². The Morgan fingerprint density at radius 3 is 2.45 bits per heavy atom. The van der Waals surface area contributed by atoms with Crippen molar-refractivity contribution in [3.8, 4) is 11.5 Å². The molecule has 0 saturated carbocycles. The highest BCUT2D eigenvalue weighted by atomic mass is 19.4. The number of Topliss-reactive ketones (excluding diaryl/α,β-unsaturated/α-hetero) is 1. The molecule has 5 nitrogen and oxygen atoms in total. The van der Waals surface area contributed by atoms with E-state index in [-0.39, 0.29) is 23.5 Å². The van der Waals surface area contributed by atoms with E-state index in [0.29, 0.717) is 0 Å². The minimum absolute atomic E-state index is 0.0326. The molecule has 1 heterocycles. The molecule has 0 N–H and O–H groups in total. The summed E-state index contributed by atoms with van der Waals surface area (Å²) in [6.07, 6.45) is -5.71. The van der Waals surface area contributed by atoms with E-state index in [1.54, 1.807) is 6.92 Å². The van der Waals surface area contributed by atoms with Crippen molar-refractivity contribution in [3.05, 3.63) is 23.8 Å². The predicted molar refractivity (Wildman–Crippen MR) is 68.9 cm³/mol. The summed E-state index contributed by atoms with van der Waals surface area (Å²) >= 11 is 0. The third-order valence-electron chi connectivity index (χ3n) is 3.27. The topological polar surface area (TPSA) is 54.0 Å². The lowest BCUT2D eigenvalue weighted by Gasteiger charge is -2.39. The molecule has 122 valence electrons. The summed E-state index contributed by atoms with van der Waals surface area (Å²) in [5.41, 5.74) is -1.04. The normalized spacial score (nSPS) is 21.5. The first-order valence-electron chi connectivity index (χ1n) is 6.36. The molecule has 0 amide bonds. The van der Waals surface area contributed by atoms with Gasteiger partial charge >= 0.3 is 6.36 Å². The van der Waals surface area contributed by atoms with Gasteiger partial charge < -0.3 is 18.9 Å². The van der Waals surface area contributed by atoms with Crippen LogP contribution in [0.15, 0.2) is 18.2 Å². The van der Waals surface area contributed by atoms with Gasteiger partial charge in [0.1, 0.15) is 11.5 Å². The van der Waals surface area contributed by atoms with Crippen LogP contribution < -0.4 is 9.47 Å². The summed E-state index contributed by atoms with van der Waals surface area (Å²) in [6.45, 7) is 1.63. The van der Waals surface area contributed by atoms with Crippen molar-refractivity contribution in [2.45, 2.75) is 31.6 Å². The van der Waals surface area contributed by atoms with Crippen LogP contribution in [0.3, 0.4) is 0 Å². The van der Waals surface area contributed by atoms with E-state index in [9.17, 15) is 18.0 Å². The van der Waals surface area contributed by atoms with Gasteiger partial charge in [0.25, 0.3) is 0 Å². The summed E-state index contributed by atoms with van der Waals surface area (Å²) in [7, 11) is 2.81. The largest absolute Gasteiger partial charge is 0.573 e. The second-order valence-electron chi connectivity index (χ2n) is 5.02. The molecule has 2 rings (SSSR count).